The molecule has 0 spiro atoms. The molecule has 1 atom stereocenters. The first-order valence-corrected chi connectivity index (χ1v) is 8.30. The number of hydrogen-bond acceptors (Lipinski definition) is 1. The molecule has 98 valence electrons. The zero-order chi connectivity index (χ0) is 13.9. The van der Waals surface area contributed by atoms with Gasteiger partial charge in [0, 0.05) is 0 Å². The van der Waals surface area contributed by atoms with Crippen molar-refractivity contribution in [3.8, 4) is 0 Å². The summed E-state index contributed by atoms with van der Waals surface area (Å²) in [6, 6.07) is 8.46. The topological polar surface area (TPSA) is 20.2 Å². The summed E-state index contributed by atoms with van der Waals surface area (Å²) in [4.78, 5) is 0. The van der Waals surface area contributed by atoms with Crippen LogP contribution in [0.25, 0.3) is 6.08 Å². The van der Waals surface area contributed by atoms with Gasteiger partial charge >= 0.3 is 122 Å². The molecule has 0 bridgehead atoms. The van der Waals surface area contributed by atoms with Crippen molar-refractivity contribution in [1.29, 1.82) is 0 Å². The monoisotopic (exact) mass is 266 g/mol. The Bertz CT molecular complexity index is 409. The van der Waals surface area contributed by atoms with Crippen LogP contribution in [0.5, 0.6) is 0 Å². The van der Waals surface area contributed by atoms with Gasteiger partial charge in [-0.1, -0.05) is 13.3 Å². The quantitative estimate of drug-likeness (QED) is 0.434. The molecule has 0 aliphatic rings. The molecule has 0 aromatic heterocycles. The van der Waals surface area contributed by atoms with Gasteiger partial charge in [0.15, 0.2) is 0 Å². The maximum absolute atomic E-state index is 9.85. The van der Waals surface area contributed by atoms with Crippen LogP contribution in [-0.2, 0) is 0 Å². The van der Waals surface area contributed by atoms with E-state index in [4.69, 9.17) is 0 Å². The number of aliphatic hydroxyl groups excluding tert-OH is 1. The molecule has 2 heteroatoms. The van der Waals surface area contributed by atoms with Crippen molar-refractivity contribution in [3.05, 3.63) is 48.1 Å². The fourth-order valence-electron chi connectivity index (χ4n) is 1.94. The van der Waals surface area contributed by atoms with Crippen LogP contribution in [0.1, 0.15) is 44.6 Å². The molecule has 1 nitrogen and oxygen atoms in total. The van der Waals surface area contributed by atoms with Crippen LogP contribution in [0.2, 0.25) is 0 Å². The zero-order valence-electron chi connectivity index (χ0n) is 12.2. The van der Waals surface area contributed by atoms with Crippen molar-refractivity contribution in [2.45, 2.75) is 45.1 Å². The van der Waals surface area contributed by atoms with Gasteiger partial charge in [-0.15, -0.1) is 0 Å². The predicted molar refractivity (Wildman–Crippen MR) is 84.8 cm³/mol. The Morgan fingerprint density at radius 1 is 1.26 bits per heavy atom. The third-order valence-electron chi connectivity index (χ3n) is 3.07. The SMILES string of the molecule is CCCCCC=CCC(O)C=Cc1ccc[c]([Na])c1. The molecule has 1 aromatic carbocycles. The van der Waals surface area contributed by atoms with E-state index in [1.165, 1.54) is 27.6 Å². The van der Waals surface area contributed by atoms with E-state index in [1.54, 1.807) is 0 Å². The van der Waals surface area contributed by atoms with Crippen LogP contribution < -0.4 is 2.81 Å². The molecule has 0 saturated carbocycles. The Kier molecular flexibility index (Phi) is 9.19. The second kappa shape index (κ2) is 10.4. The molecule has 0 aliphatic heterocycles. The average Bonchev–Trinajstić information content (AvgIpc) is 2.40. The third kappa shape index (κ3) is 8.43. The van der Waals surface area contributed by atoms with Crippen molar-refractivity contribution < 1.29 is 5.11 Å². The predicted octanol–water partition coefficient (Wildman–Crippen LogP) is 3.38. The van der Waals surface area contributed by atoms with Gasteiger partial charge in [-0.3, -0.25) is 0 Å². The molecule has 1 aromatic rings. The summed E-state index contributed by atoms with van der Waals surface area (Å²) < 4.78 is 1.38. The summed E-state index contributed by atoms with van der Waals surface area (Å²) >= 11 is 1.07. The van der Waals surface area contributed by atoms with Crippen LogP contribution in [0.3, 0.4) is 0 Å². The normalized spacial score (nSPS) is 13.5. The average molecular weight is 266 g/mol. The van der Waals surface area contributed by atoms with Gasteiger partial charge in [0.2, 0.25) is 0 Å². The summed E-state index contributed by atoms with van der Waals surface area (Å²) in [6.45, 7) is 2.21. The van der Waals surface area contributed by atoms with E-state index in [2.05, 4.69) is 43.3 Å². The zero-order valence-corrected chi connectivity index (χ0v) is 14.2. The van der Waals surface area contributed by atoms with Crippen molar-refractivity contribution in [2.24, 2.45) is 0 Å². The fourth-order valence-corrected chi connectivity index (χ4v) is 2.47. The fraction of sp³-hybridized carbons (Fsp3) is 0.412. The molecule has 0 aliphatic carbocycles. The number of allylic oxidation sites excluding steroid dienone is 1. The number of hydrogen-bond donors (Lipinski definition) is 1. The van der Waals surface area contributed by atoms with Crippen LogP contribution in [0.4, 0.5) is 0 Å². The third-order valence-corrected chi connectivity index (χ3v) is 3.69. The molecule has 0 radical (unpaired) electrons. The second-order valence-electron chi connectivity index (χ2n) is 5.04. The van der Waals surface area contributed by atoms with Gasteiger partial charge < -0.3 is 0 Å². The minimum atomic E-state index is -0.375. The van der Waals surface area contributed by atoms with E-state index < -0.39 is 0 Å². The molecule has 19 heavy (non-hydrogen) atoms. The van der Waals surface area contributed by atoms with Gasteiger partial charge in [-0.05, 0) is 0 Å². The van der Waals surface area contributed by atoms with Crippen molar-refractivity contribution in [1.82, 2.24) is 0 Å². The molecule has 0 amide bonds. The second-order valence-corrected chi connectivity index (χ2v) is 6.20. The molecule has 1 N–H and O–H groups in total. The van der Waals surface area contributed by atoms with Crippen LogP contribution in [0, 0.1) is 0 Å². The maximum atomic E-state index is 9.85. The Labute approximate surface area is 134 Å². The van der Waals surface area contributed by atoms with Crippen LogP contribution in [0.15, 0.2) is 42.5 Å². The van der Waals surface area contributed by atoms with E-state index in [1.807, 2.05) is 12.2 Å². The molecule has 0 saturated heterocycles. The van der Waals surface area contributed by atoms with Crippen molar-refractivity contribution >= 4 is 36.8 Å². The summed E-state index contributed by atoms with van der Waals surface area (Å²) in [6.07, 6.45) is 13.5. The number of rotatable bonds is 8. The molecule has 1 rings (SSSR count). The summed E-state index contributed by atoms with van der Waals surface area (Å²) in [5, 5.41) is 9.85. The summed E-state index contributed by atoms with van der Waals surface area (Å²) in [5.74, 6) is 0. The Morgan fingerprint density at radius 2 is 2.11 bits per heavy atom. The van der Waals surface area contributed by atoms with Crippen molar-refractivity contribution in [3.63, 3.8) is 0 Å². The van der Waals surface area contributed by atoms with E-state index in [0.29, 0.717) is 6.42 Å². The van der Waals surface area contributed by atoms with Crippen molar-refractivity contribution in [2.75, 3.05) is 0 Å². The van der Waals surface area contributed by atoms with Gasteiger partial charge in [-0.2, -0.15) is 0 Å². The minimum absolute atomic E-state index is 0.375. The van der Waals surface area contributed by atoms with E-state index in [-0.39, 0.29) is 6.10 Å². The van der Waals surface area contributed by atoms with Gasteiger partial charge in [0.1, 0.15) is 0 Å². The van der Waals surface area contributed by atoms with Gasteiger partial charge in [-0.25, -0.2) is 0 Å². The Balaban J connectivity index is 2.28. The number of benzene rings is 1. The molecule has 0 heterocycles. The molecule has 0 fully saturated rings. The standard InChI is InChI=1S/C17H23O.Na/c1-2-3-4-5-6-10-13-17(18)15-14-16-11-8-7-9-12-16;/h6-8,10-12,14-15,17-18H,2-5,13H2,1H3;. The van der Waals surface area contributed by atoms with Crippen LogP contribution >= 0.6 is 0 Å². The molecule has 1 unspecified atom stereocenters. The first kappa shape index (κ1) is 16.7. The van der Waals surface area contributed by atoms with Crippen LogP contribution in [-0.4, -0.2) is 39.1 Å². The number of unbranched alkanes of at least 4 members (excludes halogenated alkanes) is 3. The number of aliphatic hydroxyl groups is 1. The summed E-state index contributed by atoms with van der Waals surface area (Å²) in [7, 11) is 0. The van der Waals surface area contributed by atoms with E-state index in [0.717, 1.165) is 34.4 Å². The summed E-state index contributed by atoms with van der Waals surface area (Å²) in [5.41, 5.74) is 1.18. The Hall–Kier alpha value is -0.340. The first-order valence-electron chi connectivity index (χ1n) is 7.30. The molecular weight excluding hydrogens is 243 g/mol. The van der Waals surface area contributed by atoms with E-state index in [9.17, 15) is 5.11 Å². The first-order chi connectivity index (χ1) is 9.22. The van der Waals surface area contributed by atoms with E-state index >= 15 is 0 Å². The van der Waals surface area contributed by atoms with Gasteiger partial charge in [0.25, 0.3) is 0 Å². The molecular formula is C17H23NaO. The Morgan fingerprint density at radius 3 is 2.84 bits per heavy atom. The van der Waals surface area contributed by atoms with Gasteiger partial charge in [0.05, 0.1) is 0 Å².